The van der Waals surface area contributed by atoms with Crippen LogP contribution in [0.4, 0.5) is 0 Å². The van der Waals surface area contributed by atoms with Crippen molar-refractivity contribution >= 4 is 11.6 Å². The zero-order chi connectivity index (χ0) is 13.6. The molecular formula is C15H21ClN2O. The molecule has 19 heavy (non-hydrogen) atoms. The lowest BCUT2D eigenvalue weighted by Gasteiger charge is -2.36. The van der Waals surface area contributed by atoms with Gasteiger partial charge in [0.05, 0.1) is 0 Å². The van der Waals surface area contributed by atoms with Crippen molar-refractivity contribution in [3.05, 3.63) is 28.8 Å². The van der Waals surface area contributed by atoms with Crippen LogP contribution >= 0.6 is 11.6 Å². The molecule has 1 aromatic carbocycles. The maximum atomic E-state index is 10.0. The molecule has 2 aliphatic rings. The van der Waals surface area contributed by atoms with E-state index in [9.17, 15) is 5.11 Å². The highest BCUT2D eigenvalue weighted by Gasteiger charge is 2.49. The van der Waals surface area contributed by atoms with E-state index in [0.29, 0.717) is 16.7 Å². The first-order valence-electron chi connectivity index (χ1n) is 6.92. The minimum atomic E-state index is 0.153. The van der Waals surface area contributed by atoms with Gasteiger partial charge in [0.2, 0.25) is 0 Å². The smallest absolute Gasteiger partial charge is 0.121 e. The second kappa shape index (κ2) is 4.65. The van der Waals surface area contributed by atoms with Crippen molar-refractivity contribution in [2.75, 3.05) is 19.6 Å². The van der Waals surface area contributed by atoms with Crippen LogP contribution in [0.15, 0.2) is 18.2 Å². The third-order valence-electron chi connectivity index (χ3n) is 4.96. The van der Waals surface area contributed by atoms with Gasteiger partial charge in [-0.15, -0.1) is 0 Å². The molecule has 0 radical (unpaired) electrons. The van der Waals surface area contributed by atoms with Crippen LogP contribution in [0.3, 0.4) is 0 Å². The van der Waals surface area contributed by atoms with Gasteiger partial charge in [-0.25, -0.2) is 0 Å². The SMILES string of the molecule is CC1(C)C2CNCC2CN1Cc1c(O)cccc1Cl. The van der Waals surface area contributed by atoms with E-state index in [-0.39, 0.29) is 5.54 Å². The maximum absolute atomic E-state index is 10.0. The van der Waals surface area contributed by atoms with Crippen LogP contribution in [0.1, 0.15) is 19.4 Å². The minimum Gasteiger partial charge on any atom is -0.508 e. The van der Waals surface area contributed by atoms with Gasteiger partial charge in [0.1, 0.15) is 5.75 Å². The highest BCUT2D eigenvalue weighted by Crippen LogP contribution is 2.42. The second-order valence-corrected chi connectivity index (χ2v) is 6.70. The standard InChI is InChI=1S/C15H21ClN2O/c1-15(2)12-7-17-6-10(12)8-18(15)9-11-13(16)4-3-5-14(11)19/h3-5,10,12,17,19H,6-9H2,1-2H3. The number of nitrogens with one attached hydrogen (secondary N) is 1. The minimum absolute atomic E-state index is 0.153. The van der Waals surface area contributed by atoms with Gasteiger partial charge < -0.3 is 10.4 Å². The molecule has 1 aromatic rings. The molecule has 2 aliphatic heterocycles. The number of fused-ring (bicyclic) bond motifs is 1. The van der Waals surface area contributed by atoms with Crippen LogP contribution < -0.4 is 5.32 Å². The van der Waals surface area contributed by atoms with Gasteiger partial charge in [-0.3, -0.25) is 4.90 Å². The molecule has 0 aromatic heterocycles. The highest BCUT2D eigenvalue weighted by atomic mass is 35.5. The third-order valence-corrected chi connectivity index (χ3v) is 5.31. The van der Waals surface area contributed by atoms with E-state index in [4.69, 9.17) is 11.6 Å². The van der Waals surface area contributed by atoms with Crippen molar-refractivity contribution in [1.82, 2.24) is 10.2 Å². The van der Waals surface area contributed by atoms with E-state index in [1.54, 1.807) is 12.1 Å². The quantitative estimate of drug-likeness (QED) is 0.874. The van der Waals surface area contributed by atoms with Gasteiger partial charge >= 0.3 is 0 Å². The summed E-state index contributed by atoms with van der Waals surface area (Å²) in [6.07, 6.45) is 0. The monoisotopic (exact) mass is 280 g/mol. The normalized spacial score (nSPS) is 29.6. The molecule has 104 valence electrons. The zero-order valence-corrected chi connectivity index (χ0v) is 12.2. The lowest BCUT2D eigenvalue weighted by Crippen LogP contribution is -2.43. The summed E-state index contributed by atoms with van der Waals surface area (Å²) >= 11 is 6.22. The molecule has 0 bridgehead atoms. The van der Waals surface area contributed by atoms with Gasteiger partial charge in [0.25, 0.3) is 0 Å². The number of hydrogen-bond donors (Lipinski definition) is 2. The van der Waals surface area contributed by atoms with Crippen LogP contribution in [0.2, 0.25) is 5.02 Å². The number of halogens is 1. The molecule has 3 nitrogen and oxygen atoms in total. The van der Waals surface area contributed by atoms with E-state index in [2.05, 4.69) is 24.1 Å². The van der Waals surface area contributed by atoms with Crippen LogP contribution in [0.25, 0.3) is 0 Å². The number of hydrogen-bond acceptors (Lipinski definition) is 3. The number of phenolic OH excluding ortho intramolecular Hbond substituents is 1. The predicted molar refractivity (Wildman–Crippen MR) is 77.5 cm³/mol. The number of phenols is 1. The van der Waals surface area contributed by atoms with E-state index in [1.807, 2.05) is 6.07 Å². The fourth-order valence-electron chi connectivity index (χ4n) is 3.67. The molecular weight excluding hydrogens is 260 g/mol. The fraction of sp³-hybridized carbons (Fsp3) is 0.600. The maximum Gasteiger partial charge on any atom is 0.121 e. The summed E-state index contributed by atoms with van der Waals surface area (Å²) in [5.74, 6) is 1.72. The zero-order valence-electron chi connectivity index (χ0n) is 11.5. The Hall–Kier alpha value is -0.770. The first-order chi connectivity index (χ1) is 9.00. The molecule has 2 N–H and O–H groups in total. The molecule has 3 rings (SSSR count). The van der Waals surface area contributed by atoms with Crippen molar-refractivity contribution in [2.45, 2.75) is 25.9 Å². The molecule has 2 fully saturated rings. The molecule has 0 amide bonds. The van der Waals surface area contributed by atoms with Crippen molar-refractivity contribution in [3.8, 4) is 5.75 Å². The topological polar surface area (TPSA) is 35.5 Å². The Labute approximate surface area is 119 Å². The Morgan fingerprint density at radius 3 is 2.89 bits per heavy atom. The Morgan fingerprint density at radius 1 is 1.42 bits per heavy atom. The van der Waals surface area contributed by atoms with Crippen molar-refractivity contribution < 1.29 is 5.11 Å². The Balaban J connectivity index is 1.84. The largest absolute Gasteiger partial charge is 0.508 e. The van der Waals surface area contributed by atoms with Crippen LogP contribution in [0.5, 0.6) is 5.75 Å². The molecule has 2 atom stereocenters. The van der Waals surface area contributed by atoms with Crippen LogP contribution in [0, 0.1) is 11.8 Å². The van der Waals surface area contributed by atoms with Crippen molar-refractivity contribution in [3.63, 3.8) is 0 Å². The average Bonchev–Trinajstić information content (AvgIpc) is 2.88. The molecule has 2 saturated heterocycles. The summed E-state index contributed by atoms with van der Waals surface area (Å²) in [6.45, 7) is 8.62. The Morgan fingerprint density at radius 2 is 2.21 bits per heavy atom. The van der Waals surface area contributed by atoms with Crippen LogP contribution in [-0.2, 0) is 6.54 Å². The second-order valence-electron chi connectivity index (χ2n) is 6.30. The highest BCUT2D eigenvalue weighted by molar-refractivity contribution is 6.31. The summed E-state index contributed by atoms with van der Waals surface area (Å²) in [5, 5.41) is 14.1. The summed E-state index contributed by atoms with van der Waals surface area (Å²) in [5.41, 5.74) is 1.00. The lowest BCUT2D eigenvalue weighted by atomic mass is 9.85. The number of rotatable bonds is 2. The predicted octanol–water partition coefficient (Wildman–Crippen LogP) is 2.48. The first-order valence-corrected chi connectivity index (χ1v) is 7.30. The molecule has 4 heteroatoms. The average molecular weight is 281 g/mol. The molecule has 0 spiro atoms. The summed E-state index contributed by atoms with van der Waals surface area (Å²) in [7, 11) is 0. The lowest BCUT2D eigenvalue weighted by molar-refractivity contribution is 0.131. The number of likely N-dealkylation sites (tertiary alicyclic amines) is 1. The summed E-state index contributed by atoms with van der Waals surface area (Å²) < 4.78 is 0. The summed E-state index contributed by atoms with van der Waals surface area (Å²) in [4.78, 5) is 2.46. The van der Waals surface area contributed by atoms with Gasteiger partial charge in [-0.2, -0.15) is 0 Å². The van der Waals surface area contributed by atoms with E-state index in [1.165, 1.54) is 0 Å². The van der Waals surface area contributed by atoms with Gasteiger partial charge in [0.15, 0.2) is 0 Å². The van der Waals surface area contributed by atoms with Crippen molar-refractivity contribution in [2.24, 2.45) is 11.8 Å². The van der Waals surface area contributed by atoms with E-state index < -0.39 is 0 Å². The van der Waals surface area contributed by atoms with Crippen molar-refractivity contribution in [1.29, 1.82) is 0 Å². The molecule has 2 heterocycles. The third kappa shape index (κ3) is 2.14. The number of nitrogens with zero attached hydrogens (tertiary/aromatic N) is 1. The van der Waals surface area contributed by atoms with E-state index >= 15 is 0 Å². The Bertz CT molecular complexity index is 469. The van der Waals surface area contributed by atoms with Gasteiger partial charge in [0, 0.05) is 35.8 Å². The fourth-order valence-corrected chi connectivity index (χ4v) is 3.90. The van der Waals surface area contributed by atoms with Gasteiger partial charge in [-0.1, -0.05) is 17.7 Å². The number of benzene rings is 1. The summed E-state index contributed by atoms with van der Waals surface area (Å²) in [6, 6.07) is 5.35. The van der Waals surface area contributed by atoms with Crippen LogP contribution in [-0.4, -0.2) is 35.2 Å². The first kappa shape index (κ1) is 13.2. The van der Waals surface area contributed by atoms with E-state index in [0.717, 1.165) is 37.7 Å². The molecule has 2 unspecified atom stereocenters. The number of aromatic hydroxyl groups is 1. The molecule has 0 saturated carbocycles. The Kier molecular flexibility index (Phi) is 3.24. The van der Waals surface area contributed by atoms with Gasteiger partial charge in [-0.05, 0) is 44.4 Å². The molecule has 0 aliphatic carbocycles.